The molecule has 1 aliphatic rings. The Morgan fingerprint density at radius 2 is 2.04 bits per heavy atom. The predicted octanol–water partition coefficient (Wildman–Crippen LogP) is 3.28. The van der Waals surface area contributed by atoms with E-state index in [1.165, 1.54) is 0 Å². The van der Waals surface area contributed by atoms with E-state index in [-0.39, 0.29) is 6.10 Å². The number of rotatable bonds is 8. The molecule has 0 radical (unpaired) electrons. The van der Waals surface area contributed by atoms with Crippen LogP contribution in [0, 0.1) is 5.92 Å². The molecule has 1 unspecified atom stereocenters. The third kappa shape index (κ3) is 7.12. The molecule has 1 aromatic rings. The van der Waals surface area contributed by atoms with Gasteiger partial charge in [0.25, 0.3) is 0 Å². The summed E-state index contributed by atoms with van der Waals surface area (Å²) >= 11 is 12.1. The van der Waals surface area contributed by atoms with Crippen LogP contribution in [0.2, 0.25) is 10.0 Å². The smallest absolute Gasteiger partial charge is 0.320 e. The summed E-state index contributed by atoms with van der Waals surface area (Å²) in [6.07, 6.45) is 0.574. The summed E-state index contributed by atoms with van der Waals surface area (Å²) in [4.78, 5) is 13.6. The molecule has 1 heterocycles. The largest absolute Gasteiger partial charge is 0.480 e. The van der Waals surface area contributed by atoms with Crippen LogP contribution in [0.1, 0.15) is 25.8 Å². The number of carboxylic acids is 1. The fourth-order valence-electron chi connectivity index (χ4n) is 3.02. The minimum Gasteiger partial charge on any atom is -0.480 e. The number of aliphatic carboxylic acids is 1. The number of halogens is 2. The molecule has 2 rings (SSSR count). The van der Waals surface area contributed by atoms with Crippen molar-refractivity contribution in [3.8, 4) is 0 Å². The maximum absolute atomic E-state index is 11.3. The van der Waals surface area contributed by atoms with Crippen LogP contribution < -0.4 is 5.32 Å². The number of nitrogens with one attached hydrogen (secondary N) is 1. The molecule has 0 spiro atoms. The van der Waals surface area contributed by atoms with Crippen molar-refractivity contribution in [2.45, 2.75) is 39.0 Å². The van der Waals surface area contributed by atoms with E-state index in [0.717, 1.165) is 25.2 Å². The van der Waals surface area contributed by atoms with Crippen molar-refractivity contribution < 1.29 is 14.6 Å². The summed E-state index contributed by atoms with van der Waals surface area (Å²) in [7, 11) is 0. The predicted molar refractivity (Wildman–Crippen MR) is 100 cm³/mol. The highest BCUT2D eigenvalue weighted by Crippen LogP contribution is 2.21. The van der Waals surface area contributed by atoms with Crippen LogP contribution in [0.4, 0.5) is 0 Å². The molecule has 0 amide bonds. The molecule has 2 atom stereocenters. The minimum absolute atomic E-state index is 0.0302. The molecule has 0 aromatic heterocycles. The Morgan fingerprint density at radius 3 is 2.64 bits per heavy atom. The molecule has 0 aliphatic carbocycles. The molecule has 0 bridgehead atoms. The first-order chi connectivity index (χ1) is 11.8. The average molecular weight is 389 g/mol. The second kappa shape index (κ2) is 9.74. The lowest BCUT2D eigenvalue weighted by Crippen LogP contribution is -2.49. The average Bonchev–Trinajstić information content (AvgIpc) is 2.50. The van der Waals surface area contributed by atoms with Crippen LogP contribution >= 0.6 is 23.2 Å². The molecule has 7 heteroatoms. The van der Waals surface area contributed by atoms with E-state index in [0.29, 0.717) is 35.5 Å². The summed E-state index contributed by atoms with van der Waals surface area (Å²) in [6.45, 7) is 7.51. The van der Waals surface area contributed by atoms with Crippen LogP contribution in [-0.2, 0) is 16.1 Å². The van der Waals surface area contributed by atoms with Crippen LogP contribution in [0.5, 0.6) is 0 Å². The normalized spacial score (nSPS) is 20.0. The van der Waals surface area contributed by atoms with Gasteiger partial charge in [-0.05, 0) is 36.1 Å². The third-order valence-electron chi connectivity index (χ3n) is 4.15. The summed E-state index contributed by atoms with van der Waals surface area (Å²) in [5.41, 5.74) is 1.06. The monoisotopic (exact) mass is 388 g/mol. The number of carboxylic acid groups (broad SMARTS) is 1. The van der Waals surface area contributed by atoms with Gasteiger partial charge in [0.2, 0.25) is 0 Å². The molecule has 1 fully saturated rings. The molecule has 1 aliphatic heterocycles. The first-order valence-corrected chi connectivity index (χ1v) is 9.34. The van der Waals surface area contributed by atoms with Gasteiger partial charge in [0, 0.05) is 36.2 Å². The highest BCUT2D eigenvalue weighted by molar-refractivity contribution is 6.34. The van der Waals surface area contributed by atoms with Gasteiger partial charge in [-0.3, -0.25) is 9.69 Å². The maximum atomic E-state index is 11.3. The van der Waals surface area contributed by atoms with Crippen LogP contribution in [-0.4, -0.2) is 54.4 Å². The van der Waals surface area contributed by atoms with Gasteiger partial charge in [0.05, 0.1) is 12.7 Å². The van der Waals surface area contributed by atoms with Crippen LogP contribution in [0.15, 0.2) is 18.2 Å². The fraction of sp³-hybridized carbons (Fsp3) is 0.611. The van der Waals surface area contributed by atoms with E-state index in [2.05, 4.69) is 10.2 Å². The number of morpholine rings is 1. The standard InChI is InChI=1S/C18H26Cl2N2O3/c1-12(2)5-17(18(23)24)21-9-16-11-22(3-4-25-16)10-13-6-14(19)8-15(20)7-13/h6-8,12,16-17,21H,3-5,9-11H2,1-2H3,(H,23,24)/t16?,17-/m0/s1. The van der Waals surface area contributed by atoms with Crippen molar-refractivity contribution >= 4 is 29.2 Å². The quantitative estimate of drug-likeness (QED) is 0.715. The molecule has 25 heavy (non-hydrogen) atoms. The molecule has 2 N–H and O–H groups in total. The summed E-state index contributed by atoms with van der Waals surface area (Å²) in [6, 6.07) is 5.02. The van der Waals surface area contributed by atoms with Gasteiger partial charge in [-0.15, -0.1) is 0 Å². The van der Waals surface area contributed by atoms with E-state index in [9.17, 15) is 9.90 Å². The molecular weight excluding hydrogens is 363 g/mol. The topological polar surface area (TPSA) is 61.8 Å². The lowest BCUT2D eigenvalue weighted by molar-refractivity contribution is -0.140. The second-order valence-corrected chi connectivity index (χ2v) is 7.81. The molecule has 0 saturated carbocycles. The first-order valence-electron chi connectivity index (χ1n) is 8.58. The zero-order valence-corrected chi connectivity index (χ0v) is 16.2. The molecule has 1 aromatic carbocycles. The molecule has 140 valence electrons. The second-order valence-electron chi connectivity index (χ2n) is 6.93. The Kier molecular flexibility index (Phi) is 7.97. The van der Waals surface area contributed by atoms with Crippen molar-refractivity contribution in [2.24, 2.45) is 5.92 Å². The van der Waals surface area contributed by atoms with Crippen molar-refractivity contribution in [1.82, 2.24) is 10.2 Å². The number of nitrogens with zero attached hydrogens (tertiary/aromatic N) is 1. The Morgan fingerprint density at radius 1 is 1.36 bits per heavy atom. The Hall–Kier alpha value is -0.850. The van der Waals surface area contributed by atoms with Gasteiger partial charge < -0.3 is 15.2 Å². The number of carbonyl (C=O) groups is 1. The van der Waals surface area contributed by atoms with E-state index in [1.807, 2.05) is 26.0 Å². The summed E-state index contributed by atoms with van der Waals surface area (Å²) < 4.78 is 5.78. The molecule has 5 nitrogen and oxygen atoms in total. The Labute approximate surface area is 159 Å². The first kappa shape index (κ1) is 20.5. The minimum atomic E-state index is -0.810. The Bertz CT molecular complexity index is 563. The molecular formula is C18H26Cl2N2O3. The zero-order chi connectivity index (χ0) is 18.4. The number of hydrogen-bond donors (Lipinski definition) is 2. The third-order valence-corrected chi connectivity index (χ3v) is 4.58. The van der Waals surface area contributed by atoms with Gasteiger partial charge in [-0.25, -0.2) is 0 Å². The van der Waals surface area contributed by atoms with Gasteiger partial charge in [0.15, 0.2) is 0 Å². The molecule has 1 saturated heterocycles. The van der Waals surface area contributed by atoms with Gasteiger partial charge in [-0.2, -0.15) is 0 Å². The van der Waals surface area contributed by atoms with E-state index < -0.39 is 12.0 Å². The zero-order valence-electron chi connectivity index (χ0n) is 14.7. The van der Waals surface area contributed by atoms with Crippen LogP contribution in [0.25, 0.3) is 0 Å². The van der Waals surface area contributed by atoms with Crippen molar-refractivity contribution in [3.05, 3.63) is 33.8 Å². The van der Waals surface area contributed by atoms with Crippen molar-refractivity contribution in [2.75, 3.05) is 26.2 Å². The number of ether oxygens (including phenoxy) is 1. The van der Waals surface area contributed by atoms with Gasteiger partial charge >= 0.3 is 5.97 Å². The van der Waals surface area contributed by atoms with Gasteiger partial charge in [0.1, 0.15) is 6.04 Å². The lowest BCUT2D eigenvalue weighted by atomic mass is 10.0. The summed E-state index contributed by atoms with van der Waals surface area (Å²) in [5, 5.41) is 13.7. The highest BCUT2D eigenvalue weighted by Gasteiger charge is 2.24. The van der Waals surface area contributed by atoms with E-state index >= 15 is 0 Å². The number of benzene rings is 1. The number of hydrogen-bond acceptors (Lipinski definition) is 4. The SMILES string of the molecule is CC(C)C[C@H](NCC1CN(Cc2cc(Cl)cc(Cl)c2)CCO1)C(=O)O. The lowest BCUT2D eigenvalue weighted by Gasteiger charge is -2.33. The van der Waals surface area contributed by atoms with Crippen molar-refractivity contribution in [1.29, 1.82) is 0 Å². The fourth-order valence-corrected chi connectivity index (χ4v) is 3.60. The van der Waals surface area contributed by atoms with Crippen molar-refractivity contribution in [3.63, 3.8) is 0 Å². The van der Waals surface area contributed by atoms with Crippen LogP contribution in [0.3, 0.4) is 0 Å². The van der Waals surface area contributed by atoms with Gasteiger partial charge in [-0.1, -0.05) is 37.0 Å². The Balaban J connectivity index is 1.86. The summed E-state index contributed by atoms with van der Waals surface area (Å²) in [5.74, 6) is -0.486. The van der Waals surface area contributed by atoms with E-state index in [1.54, 1.807) is 6.07 Å². The van der Waals surface area contributed by atoms with E-state index in [4.69, 9.17) is 27.9 Å². The maximum Gasteiger partial charge on any atom is 0.320 e. The highest BCUT2D eigenvalue weighted by atomic mass is 35.5.